The number of nitriles is 1. The van der Waals surface area contributed by atoms with Gasteiger partial charge in [0.15, 0.2) is 0 Å². The molecule has 0 radical (unpaired) electrons. The molecule has 0 aromatic heterocycles. The van der Waals surface area contributed by atoms with Crippen LogP contribution >= 0.6 is 0 Å². The predicted molar refractivity (Wildman–Crippen MR) is 105 cm³/mol. The van der Waals surface area contributed by atoms with Gasteiger partial charge < -0.3 is 9.64 Å². The van der Waals surface area contributed by atoms with E-state index in [4.69, 9.17) is 10.00 Å². The summed E-state index contributed by atoms with van der Waals surface area (Å²) in [6, 6.07) is 16.1. The van der Waals surface area contributed by atoms with Gasteiger partial charge in [0.05, 0.1) is 24.8 Å². The van der Waals surface area contributed by atoms with Crippen LogP contribution in [0.25, 0.3) is 11.1 Å². The first-order valence-electron chi connectivity index (χ1n) is 9.48. The van der Waals surface area contributed by atoms with E-state index in [1.807, 2.05) is 29.2 Å². The summed E-state index contributed by atoms with van der Waals surface area (Å²) in [5.41, 5.74) is 5.04. The first-order chi connectivity index (χ1) is 13.2. The van der Waals surface area contributed by atoms with Gasteiger partial charge in [-0.25, -0.2) is 0 Å². The molecule has 2 aromatic carbocycles. The predicted octanol–water partition coefficient (Wildman–Crippen LogP) is 2.84. The van der Waals surface area contributed by atoms with Gasteiger partial charge >= 0.3 is 0 Å². The van der Waals surface area contributed by atoms with Crippen LogP contribution < -0.4 is 4.90 Å². The van der Waals surface area contributed by atoms with Crippen LogP contribution in [0.2, 0.25) is 0 Å². The molecule has 1 saturated heterocycles. The lowest BCUT2D eigenvalue weighted by Gasteiger charge is -2.33. The third-order valence-corrected chi connectivity index (χ3v) is 5.38. The Balaban J connectivity index is 1.57. The summed E-state index contributed by atoms with van der Waals surface area (Å²) >= 11 is 0. The Kier molecular flexibility index (Phi) is 5.19. The lowest BCUT2D eigenvalue weighted by molar-refractivity contribution is -0.119. The molecule has 0 unspecified atom stereocenters. The van der Waals surface area contributed by atoms with Crippen molar-refractivity contribution in [1.29, 1.82) is 5.26 Å². The maximum atomic E-state index is 12.6. The molecule has 1 fully saturated rings. The molecule has 0 saturated carbocycles. The zero-order chi connectivity index (χ0) is 18.6. The van der Waals surface area contributed by atoms with E-state index < -0.39 is 0 Å². The highest BCUT2D eigenvalue weighted by molar-refractivity contribution is 5.97. The number of rotatable bonds is 4. The molecular weight excluding hydrogens is 338 g/mol. The van der Waals surface area contributed by atoms with Crippen LogP contribution in [0.5, 0.6) is 0 Å². The highest BCUT2D eigenvalue weighted by Crippen LogP contribution is 2.32. The number of fused-ring (bicyclic) bond motifs is 1. The van der Waals surface area contributed by atoms with Gasteiger partial charge in [0.1, 0.15) is 0 Å². The summed E-state index contributed by atoms with van der Waals surface area (Å²) in [5, 5.41) is 8.98. The van der Waals surface area contributed by atoms with Crippen molar-refractivity contribution in [2.75, 3.05) is 44.3 Å². The number of benzene rings is 2. The van der Waals surface area contributed by atoms with Gasteiger partial charge in [0.25, 0.3) is 0 Å². The maximum Gasteiger partial charge on any atom is 0.227 e. The van der Waals surface area contributed by atoms with Crippen molar-refractivity contribution in [3.05, 3.63) is 53.6 Å². The Morgan fingerprint density at radius 1 is 0.963 bits per heavy atom. The zero-order valence-corrected chi connectivity index (χ0v) is 15.4. The molecule has 4 rings (SSSR count). The third-order valence-electron chi connectivity index (χ3n) is 5.38. The van der Waals surface area contributed by atoms with Crippen molar-refractivity contribution in [3.63, 3.8) is 0 Å². The van der Waals surface area contributed by atoms with Gasteiger partial charge in [-0.15, -0.1) is 0 Å². The zero-order valence-electron chi connectivity index (χ0n) is 15.4. The Morgan fingerprint density at radius 2 is 1.70 bits per heavy atom. The molecule has 0 bridgehead atoms. The second-order valence-electron chi connectivity index (χ2n) is 7.03. The Morgan fingerprint density at radius 3 is 2.44 bits per heavy atom. The topological polar surface area (TPSA) is 56.6 Å². The molecule has 2 aliphatic rings. The normalized spacial score (nSPS) is 17.4. The SMILES string of the molecule is N#Cc1ccc(-c2ccc3c(c2)N(CCN2CCOCC2)C(=O)CC3)cc1. The van der Waals surface area contributed by atoms with E-state index in [0.717, 1.165) is 56.1 Å². The van der Waals surface area contributed by atoms with Gasteiger partial charge in [-0.1, -0.05) is 24.3 Å². The molecule has 5 nitrogen and oxygen atoms in total. The number of carbonyl (C=O) groups is 1. The van der Waals surface area contributed by atoms with E-state index in [1.165, 1.54) is 5.56 Å². The number of aryl methyl sites for hydroxylation is 1. The average molecular weight is 361 g/mol. The number of carbonyl (C=O) groups excluding carboxylic acids is 1. The Labute approximate surface area is 159 Å². The summed E-state index contributed by atoms with van der Waals surface area (Å²) in [5.74, 6) is 0.202. The van der Waals surface area contributed by atoms with Crippen molar-refractivity contribution in [1.82, 2.24) is 4.90 Å². The van der Waals surface area contributed by atoms with Crippen molar-refractivity contribution >= 4 is 11.6 Å². The third kappa shape index (κ3) is 3.87. The van der Waals surface area contributed by atoms with E-state index in [-0.39, 0.29) is 5.91 Å². The smallest absolute Gasteiger partial charge is 0.227 e. The maximum absolute atomic E-state index is 12.6. The number of ether oxygens (including phenoxy) is 1. The average Bonchev–Trinajstić information content (AvgIpc) is 2.73. The summed E-state index contributed by atoms with van der Waals surface area (Å²) < 4.78 is 5.41. The van der Waals surface area contributed by atoms with E-state index in [0.29, 0.717) is 18.5 Å². The van der Waals surface area contributed by atoms with Crippen LogP contribution in [0.3, 0.4) is 0 Å². The summed E-state index contributed by atoms with van der Waals surface area (Å²) in [7, 11) is 0. The minimum atomic E-state index is 0.202. The molecular formula is C22H23N3O2. The van der Waals surface area contributed by atoms with Crippen LogP contribution in [0.4, 0.5) is 5.69 Å². The molecule has 2 aliphatic heterocycles. The fourth-order valence-corrected chi connectivity index (χ4v) is 3.77. The van der Waals surface area contributed by atoms with Crippen LogP contribution in [0, 0.1) is 11.3 Å². The number of amides is 1. The van der Waals surface area contributed by atoms with Crippen molar-refractivity contribution in [2.45, 2.75) is 12.8 Å². The number of hydrogen-bond donors (Lipinski definition) is 0. The molecule has 27 heavy (non-hydrogen) atoms. The minimum Gasteiger partial charge on any atom is -0.379 e. The van der Waals surface area contributed by atoms with Gasteiger partial charge in [-0.3, -0.25) is 9.69 Å². The molecule has 0 N–H and O–H groups in total. The fourth-order valence-electron chi connectivity index (χ4n) is 3.77. The van der Waals surface area contributed by atoms with Crippen molar-refractivity contribution < 1.29 is 9.53 Å². The fraction of sp³-hybridized carbons (Fsp3) is 0.364. The number of nitrogens with zero attached hydrogens (tertiary/aromatic N) is 3. The van der Waals surface area contributed by atoms with Crippen LogP contribution in [0.1, 0.15) is 17.5 Å². The Bertz CT molecular complexity index is 864. The largest absolute Gasteiger partial charge is 0.379 e. The quantitative estimate of drug-likeness (QED) is 0.840. The van der Waals surface area contributed by atoms with Gasteiger partial charge in [0.2, 0.25) is 5.91 Å². The highest BCUT2D eigenvalue weighted by atomic mass is 16.5. The van der Waals surface area contributed by atoms with Crippen LogP contribution in [-0.4, -0.2) is 50.2 Å². The molecule has 1 amide bonds. The first kappa shape index (κ1) is 17.7. The van der Waals surface area contributed by atoms with Crippen molar-refractivity contribution in [2.24, 2.45) is 0 Å². The minimum absolute atomic E-state index is 0.202. The number of morpholine rings is 1. The second kappa shape index (κ2) is 7.91. The molecule has 138 valence electrons. The molecule has 2 heterocycles. The van der Waals surface area contributed by atoms with E-state index >= 15 is 0 Å². The monoisotopic (exact) mass is 361 g/mol. The molecule has 0 atom stereocenters. The summed E-state index contributed by atoms with van der Waals surface area (Å²) in [6.07, 6.45) is 1.38. The molecule has 5 heteroatoms. The van der Waals surface area contributed by atoms with E-state index in [1.54, 1.807) is 0 Å². The van der Waals surface area contributed by atoms with Crippen molar-refractivity contribution in [3.8, 4) is 17.2 Å². The first-order valence-corrected chi connectivity index (χ1v) is 9.48. The summed E-state index contributed by atoms with van der Waals surface area (Å²) in [6.45, 7) is 4.99. The second-order valence-corrected chi connectivity index (χ2v) is 7.03. The van der Waals surface area contributed by atoms with E-state index in [2.05, 4.69) is 29.2 Å². The number of hydrogen-bond acceptors (Lipinski definition) is 4. The van der Waals surface area contributed by atoms with Gasteiger partial charge in [0, 0.05) is 38.3 Å². The molecule has 2 aromatic rings. The van der Waals surface area contributed by atoms with Gasteiger partial charge in [-0.05, 0) is 41.3 Å². The standard InChI is InChI=1S/C22H23N3O2/c23-16-17-1-3-18(4-2-17)20-6-5-19-7-8-22(26)25(21(19)15-20)10-9-24-11-13-27-14-12-24/h1-6,15H,7-14H2. The van der Waals surface area contributed by atoms with Crippen LogP contribution in [0.15, 0.2) is 42.5 Å². The highest BCUT2D eigenvalue weighted by Gasteiger charge is 2.25. The molecule has 0 spiro atoms. The number of anilines is 1. The molecule has 0 aliphatic carbocycles. The lowest BCUT2D eigenvalue weighted by atomic mass is 9.96. The van der Waals surface area contributed by atoms with Crippen LogP contribution in [-0.2, 0) is 16.0 Å². The lowest BCUT2D eigenvalue weighted by Crippen LogP contribution is -2.44. The van der Waals surface area contributed by atoms with E-state index in [9.17, 15) is 4.79 Å². The Hall–Kier alpha value is -2.68. The van der Waals surface area contributed by atoms with Gasteiger partial charge in [-0.2, -0.15) is 5.26 Å². The summed E-state index contributed by atoms with van der Waals surface area (Å²) in [4.78, 5) is 16.9.